The summed E-state index contributed by atoms with van der Waals surface area (Å²) in [5.41, 5.74) is 0.402. The third-order valence-corrected chi connectivity index (χ3v) is 11.9. The van der Waals surface area contributed by atoms with Crippen molar-refractivity contribution in [1.82, 2.24) is 4.98 Å². The molecule has 1 aromatic heterocycles. The van der Waals surface area contributed by atoms with E-state index in [2.05, 4.69) is 25.8 Å². The minimum absolute atomic E-state index is 0.402. The second-order valence-electron chi connectivity index (χ2n) is 17.6. The van der Waals surface area contributed by atoms with E-state index in [0.29, 0.717) is 48.4 Å². The number of carbonyl (C=O) groups excluding carboxylic acids is 1. The molecule has 2 rings (SSSR count). The van der Waals surface area contributed by atoms with Gasteiger partial charge in [0.1, 0.15) is 5.75 Å². The van der Waals surface area contributed by atoms with Gasteiger partial charge in [0, 0.05) is 12.4 Å². The van der Waals surface area contributed by atoms with Gasteiger partial charge in [0.2, 0.25) is 5.75 Å². The molecule has 0 unspecified atom stereocenters. The molecule has 60 heavy (non-hydrogen) atoms. The zero-order chi connectivity index (χ0) is 42.8. The van der Waals surface area contributed by atoms with E-state index in [1.165, 1.54) is 193 Å². The standard InChI is InChI=1S/C54H93NO5/c1-4-7-10-13-16-19-22-25-28-31-34-37-44-57-51-47-49(54(56)60-50-40-42-55-43-41-50)48-52(58-45-38-35-32-29-26-23-20-17-14-11-8-5-2)53(51)59-46-39-36-33-30-27-24-21-18-15-12-9-6-3/h40-43,47-48H,4-39,44-46H2,1-3H3. The van der Waals surface area contributed by atoms with Gasteiger partial charge in [0.25, 0.3) is 0 Å². The lowest BCUT2D eigenvalue weighted by Gasteiger charge is -2.19. The van der Waals surface area contributed by atoms with Crippen LogP contribution in [0.15, 0.2) is 36.7 Å². The van der Waals surface area contributed by atoms with Crippen LogP contribution in [-0.4, -0.2) is 30.8 Å². The highest BCUT2D eigenvalue weighted by atomic mass is 16.5. The first-order valence-corrected chi connectivity index (χ1v) is 25.9. The van der Waals surface area contributed by atoms with Crippen LogP contribution in [0, 0.1) is 0 Å². The van der Waals surface area contributed by atoms with Crippen molar-refractivity contribution in [3.8, 4) is 23.0 Å². The Morgan fingerprint density at radius 2 is 0.683 bits per heavy atom. The molecular weight excluding hydrogens is 743 g/mol. The first-order valence-electron chi connectivity index (χ1n) is 25.9. The Morgan fingerprint density at radius 3 is 1.00 bits per heavy atom. The predicted molar refractivity (Wildman–Crippen MR) is 255 cm³/mol. The first kappa shape index (κ1) is 53.4. The molecule has 0 atom stereocenters. The van der Waals surface area contributed by atoms with Crippen LogP contribution in [-0.2, 0) is 0 Å². The summed E-state index contributed by atoms with van der Waals surface area (Å²) in [6.45, 7) is 8.60. The topological polar surface area (TPSA) is 66.9 Å². The number of hydrogen-bond acceptors (Lipinski definition) is 6. The van der Waals surface area contributed by atoms with Crippen LogP contribution >= 0.6 is 0 Å². The minimum Gasteiger partial charge on any atom is -0.490 e. The van der Waals surface area contributed by atoms with E-state index in [-0.39, 0.29) is 0 Å². The van der Waals surface area contributed by atoms with Crippen LogP contribution in [0.1, 0.15) is 262 Å². The number of nitrogens with zero attached hydrogens (tertiary/aromatic N) is 1. The van der Waals surface area contributed by atoms with E-state index in [0.717, 1.165) is 38.5 Å². The molecule has 1 heterocycles. The van der Waals surface area contributed by atoms with Crippen molar-refractivity contribution < 1.29 is 23.7 Å². The lowest BCUT2D eigenvalue weighted by atomic mass is 10.1. The number of ether oxygens (including phenoxy) is 4. The molecule has 344 valence electrons. The van der Waals surface area contributed by atoms with Gasteiger partial charge in [-0.25, -0.2) is 4.79 Å². The number of carbonyl (C=O) groups is 1. The number of pyridine rings is 1. The van der Waals surface area contributed by atoms with E-state index in [1.54, 1.807) is 36.7 Å². The summed E-state index contributed by atoms with van der Waals surface area (Å²) in [5.74, 6) is 1.78. The van der Waals surface area contributed by atoms with Crippen LogP contribution in [0.4, 0.5) is 0 Å². The van der Waals surface area contributed by atoms with Gasteiger partial charge in [-0.15, -0.1) is 0 Å². The van der Waals surface area contributed by atoms with Crippen molar-refractivity contribution in [3.63, 3.8) is 0 Å². The Hall–Kier alpha value is -2.76. The fourth-order valence-electron chi connectivity index (χ4n) is 7.99. The van der Waals surface area contributed by atoms with Crippen molar-refractivity contribution in [2.75, 3.05) is 19.8 Å². The van der Waals surface area contributed by atoms with Gasteiger partial charge in [-0.05, 0) is 43.5 Å². The number of hydrogen-bond donors (Lipinski definition) is 0. The second kappa shape index (κ2) is 40.3. The highest BCUT2D eigenvalue weighted by Crippen LogP contribution is 2.40. The molecule has 6 heteroatoms. The summed E-state index contributed by atoms with van der Waals surface area (Å²) >= 11 is 0. The summed E-state index contributed by atoms with van der Waals surface area (Å²) in [6, 6.07) is 6.97. The molecule has 0 saturated heterocycles. The molecule has 0 saturated carbocycles. The molecule has 0 aliphatic heterocycles. The highest BCUT2D eigenvalue weighted by molar-refractivity contribution is 5.92. The SMILES string of the molecule is CCCCCCCCCCCCCCOc1cc(C(=O)Oc2ccncc2)cc(OCCCCCCCCCCCCCC)c1OCCCCCCCCCCCCCC. The molecular formula is C54H93NO5. The quantitative estimate of drug-likeness (QED) is 0.0489. The largest absolute Gasteiger partial charge is 0.490 e. The van der Waals surface area contributed by atoms with Crippen LogP contribution in [0.5, 0.6) is 23.0 Å². The highest BCUT2D eigenvalue weighted by Gasteiger charge is 2.20. The van der Waals surface area contributed by atoms with Crippen molar-refractivity contribution in [2.45, 2.75) is 252 Å². The van der Waals surface area contributed by atoms with Crippen LogP contribution in [0.2, 0.25) is 0 Å². The zero-order valence-electron chi connectivity index (χ0n) is 39.5. The Labute approximate surface area is 370 Å². The second-order valence-corrected chi connectivity index (χ2v) is 17.6. The number of benzene rings is 1. The molecule has 6 nitrogen and oxygen atoms in total. The van der Waals surface area contributed by atoms with Gasteiger partial charge in [-0.2, -0.15) is 0 Å². The summed E-state index contributed by atoms with van der Waals surface area (Å²) in [4.78, 5) is 17.6. The van der Waals surface area contributed by atoms with Gasteiger partial charge in [0.05, 0.1) is 25.4 Å². The van der Waals surface area contributed by atoms with Gasteiger partial charge in [-0.1, -0.05) is 233 Å². The van der Waals surface area contributed by atoms with E-state index in [9.17, 15) is 4.79 Å². The molecule has 0 radical (unpaired) electrons. The monoisotopic (exact) mass is 836 g/mol. The zero-order valence-corrected chi connectivity index (χ0v) is 39.5. The number of esters is 1. The van der Waals surface area contributed by atoms with Crippen molar-refractivity contribution in [3.05, 3.63) is 42.2 Å². The lowest BCUT2D eigenvalue weighted by molar-refractivity contribution is 0.0733. The number of aromatic nitrogens is 1. The normalized spacial score (nSPS) is 11.2. The minimum atomic E-state index is -0.445. The Bertz CT molecular complexity index is 1180. The van der Waals surface area contributed by atoms with E-state index >= 15 is 0 Å². The van der Waals surface area contributed by atoms with Gasteiger partial charge in [-0.3, -0.25) is 4.98 Å². The Kier molecular flexibility index (Phi) is 35.9. The van der Waals surface area contributed by atoms with E-state index < -0.39 is 5.97 Å². The first-order chi connectivity index (χ1) is 29.7. The fraction of sp³-hybridized carbons (Fsp3) is 0.778. The maximum Gasteiger partial charge on any atom is 0.343 e. The summed E-state index contributed by atoms with van der Waals surface area (Å²) < 4.78 is 25.2. The molecule has 0 spiro atoms. The predicted octanol–water partition coefficient (Wildman–Crippen LogP) is 17.5. The molecule has 1 aromatic carbocycles. The van der Waals surface area contributed by atoms with Crippen LogP contribution in [0.25, 0.3) is 0 Å². The maximum atomic E-state index is 13.5. The molecule has 2 aromatic rings. The maximum absolute atomic E-state index is 13.5. The van der Waals surface area contributed by atoms with Gasteiger partial charge < -0.3 is 18.9 Å². The smallest absolute Gasteiger partial charge is 0.343 e. The van der Waals surface area contributed by atoms with Crippen LogP contribution < -0.4 is 18.9 Å². The molecule has 0 bridgehead atoms. The van der Waals surface area contributed by atoms with Gasteiger partial charge in [0.15, 0.2) is 11.5 Å². The average Bonchev–Trinajstić information content (AvgIpc) is 3.26. The summed E-state index contributed by atoms with van der Waals surface area (Å²) in [6.07, 6.45) is 50.0. The molecule has 0 aliphatic rings. The molecule has 0 aliphatic carbocycles. The fourth-order valence-corrected chi connectivity index (χ4v) is 7.99. The van der Waals surface area contributed by atoms with Crippen molar-refractivity contribution in [1.29, 1.82) is 0 Å². The van der Waals surface area contributed by atoms with Crippen LogP contribution in [0.3, 0.4) is 0 Å². The molecule has 0 N–H and O–H groups in total. The number of rotatable bonds is 44. The van der Waals surface area contributed by atoms with Gasteiger partial charge >= 0.3 is 5.97 Å². The average molecular weight is 836 g/mol. The Morgan fingerprint density at radius 1 is 0.400 bits per heavy atom. The van der Waals surface area contributed by atoms with E-state index in [4.69, 9.17) is 18.9 Å². The molecule has 0 amide bonds. The Balaban J connectivity index is 1.96. The van der Waals surface area contributed by atoms with Crippen molar-refractivity contribution >= 4 is 5.97 Å². The molecule has 0 fully saturated rings. The lowest BCUT2D eigenvalue weighted by Crippen LogP contribution is -2.12. The summed E-state index contributed by atoms with van der Waals surface area (Å²) in [5, 5.41) is 0. The van der Waals surface area contributed by atoms with E-state index in [1.807, 2.05) is 0 Å². The van der Waals surface area contributed by atoms with Crippen molar-refractivity contribution in [2.24, 2.45) is 0 Å². The third kappa shape index (κ3) is 29.5. The summed E-state index contributed by atoms with van der Waals surface area (Å²) in [7, 11) is 0. The number of unbranched alkanes of at least 4 members (excludes halogenated alkanes) is 33. The third-order valence-electron chi connectivity index (χ3n) is 11.9.